The second kappa shape index (κ2) is 9.28. The van der Waals surface area contributed by atoms with E-state index in [1.807, 2.05) is 0 Å². The summed E-state index contributed by atoms with van der Waals surface area (Å²) in [7, 11) is -3.66. The van der Waals surface area contributed by atoms with Crippen LogP contribution in [-0.4, -0.2) is 44.2 Å². The maximum Gasteiger partial charge on any atom is 0.410 e. The van der Waals surface area contributed by atoms with Gasteiger partial charge in [0.25, 0.3) is 0 Å². The zero-order valence-corrected chi connectivity index (χ0v) is 18.0. The molecule has 0 spiro atoms. The number of nitrogens with one attached hydrogen (secondary N) is 1. The van der Waals surface area contributed by atoms with Gasteiger partial charge in [-0.15, -0.1) is 11.3 Å². The number of anilines is 1. The van der Waals surface area contributed by atoms with E-state index in [1.54, 1.807) is 42.2 Å². The molecule has 1 aromatic carbocycles. The Balaban J connectivity index is 1.70. The summed E-state index contributed by atoms with van der Waals surface area (Å²) in [6, 6.07) is 10.7. The minimum Gasteiger partial charge on any atom is -0.450 e. The summed E-state index contributed by atoms with van der Waals surface area (Å²) in [4.78, 5) is 26.7. The Morgan fingerprint density at radius 3 is 2.70 bits per heavy atom. The summed E-state index contributed by atoms with van der Waals surface area (Å²) >= 11 is 1.19. The molecular formula is C20H21N3O5S2. The number of sulfone groups is 1. The number of nitrogens with zero attached hydrogens (tertiary/aromatic N) is 2. The van der Waals surface area contributed by atoms with Crippen molar-refractivity contribution in [3.63, 3.8) is 0 Å². The molecule has 158 valence electrons. The number of benzene rings is 1. The van der Waals surface area contributed by atoms with Gasteiger partial charge in [-0.25, -0.2) is 13.2 Å². The molecule has 0 saturated carbocycles. The van der Waals surface area contributed by atoms with Gasteiger partial charge in [0.1, 0.15) is 16.8 Å². The lowest BCUT2D eigenvalue weighted by Crippen LogP contribution is -2.35. The summed E-state index contributed by atoms with van der Waals surface area (Å²) < 4.78 is 29.7. The van der Waals surface area contributed by atoms with Gasteiger partial charge >= 0.3 is 6.09 Å². The highest BCUT2D eigenvalue weighted by molar-refractivity contribution is 7.91. The van der Waals surface area contributed by atoms with Gasteiger partial charge in [0, 0.05) is 11.4 Å². The van der Waals surface area contributed by atoms with Gasteiger partial charge in [-0.1, -0.05) is 30.3 Å². The van der Waals surface area contributed by atoms with Gasteiger partial charge in [0.15, 0.2) is 9.84 Å². The highest BCUT2D eigenvalue weighted by Crippen LogP contribution is 2.36. The number of hydrogen-bond acceptors (Lipinski definition) is 7. The van der Waals surface area contributed by atoms with Crippen molar-refractivity contribution < 1.29 is 22.7 Å². The normalized spacial score (nSPS) is 13.3. The van der Waals surface area contributed by atoms with E-state index in [0.29, 0.717) is 29.1 Å². The Bertz CT molecular complexity index is 1090. The number of ether oxygens (including phenoxy) is 1. The summed E-state index contributed by atoms with van der Waals surface area (Å²) in [5, 5.41) is 12.4. The zero-order chi connectivity index (χ0) is 21.7. The van der Waals surface area contributed by atoms with Crippen LogP contribution in [-0.2, 0) is 38.1 Å². The molecule has 0 fully saturated rings. The van der Waals surface area contributed by atoms with Crippen LogP contribution in [0.25, 0.3) is 0 Å². The largest absolute Gasteiger partial charge is 0.450 e. The molecule has 2 heterocycles. The lowest BCUT2D eigenvalue weighted by Gasteiger charge is -2.25. The lowest BCUT2D eigenvalue weighted by molar-refractivity contribution is -0.113. The summed E-state index contributed by atoms with van der Waals surface area (Å²) in [6.45, 7) is 2.70. The lowest BCUT2D eigenvalue weighted by atomic mass is 10.0. The van der Waals surface area contributed by atoms with Crippen molar-refractivity contribution >= 4 is 38.2 Å². The van der Waals surface area contributed by atoms with E-state index < -0.39 is 27.6 Å². The van der Waals surface area contributed by atoms with Crippen LogP contribution in [0, 0.1) is 11.3 Å². The minimum atomic E-state index is -3.66. The van der Waals surface area contributed by atoms with Gasteiger partial charge < -0.3 is 15.0 Å². The predicted molar refractivity (Wildman–Crippen MR) is 113 cm³/mol. The Morgan fingerprint density at radius 1 is 1.30 bits per heavy atom. The predicted octanol–water partition coefficient (Wildman–Crippen LogP) is 2.69. The van der Waals surface area contributed by atoms with Crippen LogP contribution in [0.15, 0.2) is 30.3 Å². The van der Waals surface area contributed by atoms with Crippen LogP contribution < -0.4 is 5.32 Å². The van der Waals surface area contributed by atoms with Crippen LogP contribution in [0.2, 0.25) is 0 Å². The summed E-state index contributed by atoms with van der Waals surface area (Å²) in [5.74, 6) is -1.60. The van der Waals surface area contributed by atoms with Crippen molar-refractivity contribution in [1.29, 1.82) is 5.26 Å². The second-order valence-corrected chi connectivity index (χ2v) is 9.93. The number of amides is 2. The fourth-order valence-corrected chi connectivity index (χ4v) is 5.73. The number of fused-ring (bicyclic) bond motifs is 1. The van der Waals surface area contributed by atoms with Crippen molar-refractivity contribution in [1.82, 2.24) is 4.90 Å². The van der Waals surface area contributed by atoms with Crippen molar-refractivity contribution in [2.75, 3.05) is 24.2 Å². The first-order chi connectivity index (χ1) is 14.3. The van der Waals surface area contributed by atoms with Gasteiger partial charge in [-0.3, -0.25) is 4.79 Å². The van der Waals surface area contributed by atoms with Gasteiger partial charge in [-0.2, -0.15) is 5.26 Å². The number of carbonyl (C=O) groups is 2. The fourth-order valence-electron chi connectivity index (χ4n) is 3.22. The number of thiophene rings is 1. The van der Waals surface area contributed by atoms with Crippen LogP contribution in [0.1, 0.15) is 28.5 Å². The number of hydrogen-bond donors (Lipinski definition) is 1. The first kappa shape index (κ1) is 21.8. The van der Waals surface area contributed by atoms with Crippen LogP contribution in [0.4, 0.5) is 9.80 Å². The van der Waals surface area contributed by atoms with Crippen molar-refractivity contribution in [2.45, 2.75) is 25.6 Å². The quantitative estimate of drug-likeness (QED) is 0.728. The molecule has 10 heteroatoms. The van der Waals surface area contributed by atoms with Crippen LogP contribution in [0.3, 0.4) is 0 Å². The molecule has 0 radical (unpaired) electrons. The number of rotatable bonds is 6. The molecule has 1 N–H and O–H groups in total. The Hall–Kier alpha value is -2.90. The maximum absolute atomic E-state index is 12.4. The smallest absolute Gasteiger partial charge is 0.410 e. The minimum absolute atomic E-state index is 0.234. The third-order valence-electron chi connectivity index (χ3n) is 4.53. The fraction of sp³-hybridized carbons (Fsp3) is 0.350. The number of carbonyl (C=O) groups excluding carboxylic acids is 2. The molecule has 0 unspecified atom stereocenters. The topological polar surface area (TPSA) is 117 Å². The van der Waals surface area contributed by atoms with E-state index in [2.05, 4.69) is 11.4 Å². The molecule has 0 saturated heterocycles. The third kappa shape index (κ3) is 5.17. The zero-order valence-electron chi connectivity index (χ0n) is 16.4. The summed E-state index contributed by atoms with van der Waals surface area (Å²) in [5.41, 5.74) is 1.71. The Labute approximate surface area is 179 Å². The van der Waals surface area contributed by atoms with E-state index in [4.69, 9.17) is 4.74 Å². The van der Waals surface area contributed by atoms with Crippen LogP contribution in [0.5, 0.6) is 0 Å². The SMILES string of the molecule is CCOC(=O)N1CCc2c(sc(NC(=O)CS(=O)(=O)Cc3ccccc3)c2C#N)C1. The first-order valence-corrected chi connectivity index (χ1v) is 12.0. The number of nitriles is 1. The van der Waals surface area contributed by atoms with Crippen molar-refractivity contribution in [3.8, 4) is 6.07 Å². The molecule has 2 aromatic rings. The molecule has 1 aliphatic rings. The van der Waals surface area contributed by atoms with Crippen LogP contribution >= 0.6 is 11.3 Å². The van der Waals surface area contributed by atoms with E-state index in [0.717, 1.165) is 10.4 Å². The third-order valence-corrected chi connectivity index (χ3v) is 7.14. The van der Waals surface area contributed by atoms with Gasteiger partial charge in [0.2, 0.25) is 5.91 Å². The van der Waals surface area contributed by atoms with Gasteiger partial charge in [0.05, 0.1) is 24.5 Å². The molecule has 1 aliphatic heterocycles. The highest BCUT2D eigenvalue weighted by Gasteiger charge is 2.28. The molecule has 3 rings (SSSR count). The van der Waals surface area contributed by atoms with E-state index in [1.165, 1.54) is 11.3 Å². The highest BCUT2D eigenvalue weighted by atomic mass is 32.2. The average molecular weight is 448 g/mol. The Morgan fingerprint density at radius 2 is 2.03 bits per heavy atom. The average Bonchev–Trinajstić information content (AvgIpc) is 3.03. The molecule has 0 aliphatic carbocycles. The maximum atomic E-state index is 12.4. The van der Waals surface area contributed by atoms with E-state index in [-0.39, 0.29) is 18.9 Å². The summed E-state index contributed by atoms with van der Waals surface area (Å²) in [6.07, 6.45) is 0.0445. The van der Waals surface area contributed by atoms with Gasteiger partial charge in [-0.05, 0) is 24.5 Å². The van der Waals surface area contributed by atoms with E-state index in [9.17, 15) is 23.3 Å². The first-order valence-electron chi connectivity index (χ1n) is 9.33. The second-order valence-electron chi connectivity index (χ2n) is 6.76. The standard InChI is InChI=1S/C20H21N3O5S2/c1-2-28-20(25)23-9-8-15-16(10-21)19(29-17(15)11-23)22-18(24)13-30(26,27)12-14-6-4-3-5-7-14/h3-7H,2,8-9,11-13H2,1H3,(H,22,24). The Kier molecular flexibility index (Phi) is 6.74. The molecule has 8 nitrogen and oxygen atoms in total. The molecule has 1 aromatic heterocycles. The molecular weight excluding hydrogens is 426 g/mol. The molecule has 2 amide bonds. The van der Waals surface area contributed by atoms with Crippen molar-refractivity contribution in [2.24, 2.45) is 0 Å². The molecule has 30 heavy (non-hydrogen) atoms. The van der Waals surface area contributed by atoms with Crippen molar-refractivity contribution in [3.05, 3.63) is 51.9 Å². The molecule has 0 bridgehead atoms. The van der Waals surface area contributed by atoms with E-state index >= 15 is 0 Å². The molecule has 0 atom stereocenters. The monoisotopic (exact) mass is 447 g/mol.